The zero-order valence-corrected chi connectivity index (χ0v) is 14.1. The lowest BCUT2D eigenvalue weighted by Gasteiger charge is -2.24. The lowest BCUT2D eigenvalue weighted by atomic mass is 10.2. The molecule has 24 heavy (non-hydrogen) atoms. The van der Waals surface area contributed by atoms with E-state index in [0.717, 1.165) is 5.69 Å². The normalized spacial score (nSPS) is 12.5. The van der Waals surface area contributed by atoms with Crippen molar-refractivity contribution in [3.8, 4) is 0 Å². The summed E-state index contributed by atoms with van der Waals surface area (Å²) in [5.74, 6) is -0.199. The van der Waals surface area contributed by atoms with E-state index in [1.54, 1.807) is 19.2 Å². The molecule has 1 aromatic heterocycles. The van der Waals surface area contributed by atoms with Crippen LogP contribution in [0, 0.1) is 5.82 Å². The number of ether oxygens (including phenoxy) is 1. The molecule has 1 heterocycles. The Morgan fingerprint density at radius 3 is 2.83 bits per heavy atom. The average molecular weight is 332 g/mol. The van der Waals surface area contributed by atoms with E-state index >= 15 is 0 Å². The van der Waals surface area contributed by atoms with E-state index < -0.39 is 6.10 Å². The molecule has 0 bridgehead atoms. The molecule has 0 aliphatic rings. The van der Waals surface area contributed by atoms with Gasteiger partial charge in [0.05, 0.1) is 19.3 Å². The predicted molar refractivity (Wildman–Crippen MR) is 93.3 cm³/mol. The van der Waals surface area contributed by atoms with Crippen molar-refractivity contribution in [1.29, 1.82) is 0 Å². The monoisotopic (exact) mass is 332 g/mol. The molecule has 2 rings (SSSR count). The van der Waals surface area contributed by atoms with Crippen molar-refractivity contribution in [3.63, 3.8) is 0 Å². The molecule has 0 spiro atoms. The fourth-order valence-electron chi connectivity index (χ4n) is 2.72. The zero-order valence-electron chi connectivity index (χ0n) is 14.1. The predicted octanol–water partition coefficient (Wildman–Crippen LogP) is 2.67. The minimum Gasteiger partial charge on any atom is -0.389 e. The maximum absolute atomic E-state index is 13.9. The minimum absolute atomic E-state index is 0.199. The number of hydrogen-bond donors (Lipinski definition) is 1. The van der Waals surface area contributed by atoms with E-state index in [1.165, 1.54) is 6.07 Å². The maximum atomic E-state index is 13.9. The third-order valence-electron chi connectivity index (χ3n) is 3.82. The van der Waals surface area contributed by atoms with Gasteiger partial charge in [0.1, 0.15) is 5.82 Å². The van der Waals surface area contributed by atoms with Gasteiger partial charge in [-0.25, -0.2) is 4.39 Å². The molecule has 1 atom stereocenters. The van der Waals surface area contributed by atoms with Crippen molar-refractivity contribution in [2.45, 2.75) is 19.2 Å². The van der Waals surface area contributed by atoms with Gasteiger partial charge >= 0.3 is 0 Å². The Kier molecular flexibility index (Phi) is 7.18. The molecule has 5 heteroatoms. The first kappa shape index (κ1) is 18.4. The first-order valence-electron chi connectivity index (χ1n) is 8.01. The fraction of sp³-hybridized carbons (Fsp3) is 0.368. The molecule has 1 aromatic carbocycles. The third kappa shape index (κ3) is 5.30. The van der Waals surface area contributed by atoms with Gasteiger partial charge in [0.2, 0.25) is 0 Å². The molecule has 130 valence electrons. The quantitative estimate of drug-likeness (QED) is 0.680. The van der Waals surface area contributed by atoms with E-state index in [2.05, 4.69) is 11.5 Å². The highest BCUT2D eigenvalue weighted by Gasteiger charge is 2.13. The molecular weight excluding hydrogens is 307 g/mol. The molecule has 0 aliphatic carbocycles. The van der Waals surface area contributed by atoms with Crippen LogP contribution in [0.25, 0.3) is 0 Å². The van der Waals surface area contributed by atoms with Crippen molar-refractivity contribution in [3.05, 3.63) is 72.3 Å². The van der Waals surface area contributed by atoms with Crippen molar-refractivity contribution in [1.82, 2.24) is 9.47 Å². The fourth-order valence-corrected chi connectivity index (χ4v) is 2.72. The molecule has 0 amide bonds. The highest BCUT2D eigenvalue weighted by atomic mass is 19.1. The van der Waals surface area contributed by atoms with Crippen LogP contribution in [-0.4, -0.2) is 47.5 Å². The van der Waals surface area contributed by atoms with Crippen molar-refractivity contribution >= 4 is 0 Å². The Labute approximate surface area is 142 Å². The third-order valence-corrected chi connectivity index (χ3v) is 3.82. The van der Waals surface area contributed by atoms with Crippen LogP contribution in [0.15, 0.2) is 55.3 Å². The Hall–Kier alpha value is -1.95. The average Bonchev–Trinajstić information content (AvgIpc) is 2.97. The van der Waals surface area contributed by atoms with Gasteiger partial charge in [-0.15, -0.1) is 6.58 Å². The molecule has 0 saturated heterocycles. The summed E-state index contributed by atoms with van der Waals surface area (Å²) in [6.45, 7) is 6.35. The van der Waals surface area contributed by atoms with Crippen LogP contribution < -0.4 is 0 Å². The lowest BCUT2D eigenvalue weighted by molar-refractivity contribution is 0.0381. The van der Waals surface area contributed by atoms with Gasteiger partial charge in [-0.3, -0.25) is 4.90 Å². The molecule has 0 unspecified atom stereocenters. The number of halogens is 1. The minimum atomic E-state index is -0.551. The van der Waals surface area contributed by atoms with Gasteiger partial charge in [0, 0.05) is 44.2 Å². The highest BCUT2D eigenvalue weighted by molar-refractivity contribution is 5.19. The number of methoxy groups -OCH3 is 1. The number of benzene rings is 1. The van der Waals surface area contributed by atoms with Crippen LogP contribution >= 0.6 is 0 Å². The van der Waals surface area contributed by atoms with Gasteiger partial charge in [-0.2, -0.15) is 0 Å². The molecule has 4 nitrogen and oxygen atoms in total. The first-order valence-corrected chi connectivity index (χ1v) is 8.01. The molecule has 1 N–H and O–H groups in total. The largest absolute Gasteiger partial charge is 0.389 e. The van der Waals surface area contributed by atoms with Crippen molar-refractivity contribution in [2.24, 2.45) is 0 Å². The number of aliphatic hydroxyl groups is 1. The van der Waals surface area contributed by atoms with Crippen LogP contribution in [0.1, 0.15) is 11.3 Å². The van der Waals surface area contributed by atoms with Crippen LogP contribution in [0.5, 0.6) is 0 Å². The highest BCUT2D eigenvalue weighted by Crippen LogP contribution is 2.13. The zero-order chi connectivity index (χ0) is 17.4. The van der Waals surface area contributed by atoms with E-state index in [0.29, 0.717) is 38.3 Å². The Bertz CT molecular complexity index is 642. The maximum Gasteiger partial charge on any atom is 0.128 e. The van der Waals surface area contributed by atoms with Crippen molar-refractivity contribution in [2.75, 3.05) is 26.8 Å². The summed E-state index contributed by atoms with van der Waals surface area (Å²) in [5, 5.41) is 9.96. The second-order valence-electron chi connectivity index (χ2n) is 5.81. The Balaban J connectivity index is 2.07. The van der Waals surface area contributed by atoms with E-state index in [4.69, 9.17) is 4.74 Å². The summed E-state index contributed by atoms with van der Waals surface area (Å²) in [4.78, 5) is 2.09. The Morgan fingerprint density at radius 1 is 1.33 bits per heavy atom. The summed E-state index contributed by atoms with van der Waals surface area (Å²) in [7, 11) is 1.57. The summed E-state index contributed by atoms with van der Waals surface area (Å²) in [6.07, 6.45) is 3.20. The second-order valence-corrected chi connectivity index (χ2v) is 5.81. The van der Waals surface area contributed by atoms with Gasteiger partial charge in [0.15, 0.2) is 0 Å². The van der Waals surface area contributed by atoms with E-state index in [9.17, 15) is 9.50 Å². The molecule has 0 radical (unpaired) electrons. The smallest absolute Gasteiger partial charge is 0.128 e. The van der Waals surface area contributed by atoms with Crippen LogP contribution in [0.4, 0.5) is 4.39 Å². The molecule has 0 saturated carbocycles. The SMILES string of the molecule is C=CCN(Cc1cccn1Cc1ccccc1F)C[C@H](O)COC. The van der Waals surface area contributed by atoms with Gasteiger partial charge < -0.3 is 14.4 Å². The van der Waals surface area contributed by atoms with Gasteiger partial charge in [-0.05, 0) is 18.2 Å². The van der Waals surface area contributed by atoms with Gasteiger partial charge in [-0.1, -0.05) is 24.3 Å². The Morgan fingerprint density at radius 2 is 2.12 bits per heavy atom. The first-order chi connectivity index (χ1) is 11.6. The van der Waals surface area contributed by atoms with Crippen LogP contribution in [-0.2, 0) is 17.8 Å². The number of rotatable bonds is 10. The molecule has 0 fully saturated rings. The molecular formula is C19H25FN2O2. The number of aromatic nitrogens is 1. The number of nitrogens with zero attached hydrogens (tertiary/aromatic N) is 2. The summed E-state index contributed by atoms with van der Waals surface area (Å²) in [5.41, 5.74) is 1.72. The number of aliphatic hydroxyl groups excluding tert-OH is 1. The van der Waals surface area contributed by atoms with E-state index in [1.807, 2.05) is 35.0 Å². The standard InChI is InChI=1S/C19H25FN2O2/c1-3-10-21(14-18(23)15-24-2)13-17-8-6-11-22(17)12-16-7-4-5-9-19(16)20/h3-9,11,18,23H,1,10,12-15H2,2H3/t18-/m0/s1. The summed E-state index contributed by atoms with van der Waals surface area (Å²) in [6, 6.07) is 10.8. The van der Waals surface area contributed by atoms with E-state index in [-0.39, 0.29) is 5.82 Å². The molecule has 2 aromatic rings. The molecule has 0 aliphatic heterocycles. The second kappa shape index (κ2) is 9.37. The van der Waals surface area contributed by atoms with Crippen LogP contribution in [0.3, 0.4) is 0 Å². The summed E-state index contributed by atoms with van der Waals surface area (Å²) >= 11 is 0. The summed E-state index contributed by atoms with van der Waals surface area (Å²) < 4.78 is 20.9. The van der Waals surface area contributed by atoms with Crippen molar-refractivity contribution < 1.29 is 14.2 Å². The number of hydrogen-bond acceptors (Lipinski definition) is 3. The van der Waals surface area contributed by atoms with Crippen LogP contribution in [0.2, 0.25) is 0 Å². The lowest BCUT2D eigenvalue weighted by Crippen LogP contribution is -2.35. The topological polar surface area (TPSA) is 37.6 Å². The van der Waals surface area contributed by atoms with Gasteiger partial charge in [0.25, 0.3) is 0 Å².